The molecule has 3 rings (SSSR count). The maximum absolute atomic E-state index is 5.96. The van der Waals surface area contributed by atoms with Crippen LogP contribution in [0.25, 0.3) is 11.0 Å². The standard InChI is InChI=1S/C12H8Cl2N2S/c13-8-4-10-11(5-9(8)14)16-12(15-10)3-7-1-2-17-6-7/h1-2,4-6H,3H2,(H,15,16). The number of hydrogen-bond donors (Lipinski definition) is 1. The summed E-state index contributed by atoms with van der Waals surface area (Å²) in [6.07, 6.45) is 0.799. The topological polar surface area (TPSA) is 28.7 Å². The first kappa shape index (κ1) is 11.1. The van der Waals surface area contributed by atoms with Gasteiger partial charge in [0.05, 0.1) is 21.1 Å². The van der Waals surface area contributed by atoms with Gasteiger partial charge in [-0.25, -0.2) is 4.98 Å². The van der Waals surface area contributed by atoms with E-state index in [1.165, 1.54) is 5.56 Å². The van der Waals surface area contributed by atoms with Gasteiger partial charge in [0.25, 0.3) is 0 Å². The number of benzene rings is 1. The maximum atomic E-state index is 5.96. The van der Waals surface area contributed by atoms with Crippen molar-refractivity contribution in [1.29, 1.82) is 0 Å². The molecule has 0 radical (unpaired) electrons. The third kappa shape index (κ3) is 2.18. The number of H-pyrrole nitrogens is 1. The number of halogens is 2. The van der Waals surface area contributed by atoms with E-state index in [1.54, 1.807) is 17.4 Å². The third-order valence-electron chi connectivity index (χ3n) is 2.52. The molecule has 0 atom stereocenters. The number of aromatic nitrogens is 2. The van der Waals surface area contributed by atoms with Gasteiger partial charge in [-0.1, -0.05) is 23.2 Å². The lowest BCUT2D eigenvalue weighted by Crippen LogP contribution is -1.87. The summed E-state index contributed by atoms with van der Waals surface area (Å²) in [5.74, 6) is 0.928. The Kier molecular flexibility index (Phi) is 2.82. The molecule has 0 amide bonds. The van der Waals surface area contributed by atoms with Crippen LogP contribution in [0.3, 0.4) is 0 Å². The van der Waals surface area contributed by atoms with E-state index in [-0.39, 0.29) is 0 Å². The van der Waals surface area contributed by atoms with Crippen molar-refractivity contribution in [2.75, 3.05) is 0 Å². The molecule has 1 N–H and O–H groups in total. The first-order valence-corrected chi connectivity index (χ1v) is 6.77. The van der Waals surface area contributed by atoms with E-state index < -0.39 is 0 Å². The minimum Gasteiger partial charge on any atom is -0.342 e. The highest BCUT2D eigenvalue weighted by Crippen LogP contribution is 2.27. The Morgan fingerprint density at radius 3 is 2.82 bits per heavy atom. The molecule has 0 aliphatic carbocycles. The van der Waals surface area contributed by atoms with Gasteiger partial charge in [-0.2, -0.15) is 11.3 Å². The summed E-state index contributed by atoms with van der Waals surface area (Å²) in [5, 5.41) is 5.26. The summed E-state index contributed by atoms with van der Waals surface area (Å²) in [7, 11) is 0. The second-order valence-electron chi connectivity index (χ2n) is 3.78. The number of imidazole rings is 1. The molecule has 0 saturated carbocycles. The number of aromatic amines is 1. The fraction of sp³-hybridized carbons (Fsp3) is 0.0833. The SMILES string of the molecule is Clc1cc2nc(Cc3ccsc3)[nH]c2cc1Cl. The van der Waals surface area contributed by atoms with Gasteiger partial charge >= 0.3 is 0 Å². The van der Waals surface area contributed by atoms with Crippen molar-refractivity contribution >= 4 is 45.6 Å². The third-order valence-corrected chi connectivity index (χ3v) is 3.98. The quantitative estimate of drug-likeness (QED) is 0.735. The highest BCUT2D eigenvalue weighted by molar-refractivity contribution is 7.07. The Bertz CT molecular complexity index is 620. The molecule has 0 bridgehead atoms. The minimum atomic E-state index is 0.535. The van der Waals surface area contributed by atoms with Crippen molar-refractivity contribution in [3.05, 3.63) is 50.4 Å². The summed E-state index contributed by atoms with van der Waals surface area (Å²) in [4.78, 5) is 7.75. The zero-order valence-corrected chi connectivity index (χ0v) is 11.0. The number of thiophene rings is 1. The summed E-state index contributed by atoms with van der Waals surface area (Å²) >= 11 is 13.6. The van der Waals surface area contributed by atoms with Gasteiger partial charge in [0.15, 0.2) is 0 Å². The predicted molar refractivity (Wildman–Crippen MR) is 73.2 cm³/mol. The second-order valence-corrected chi connectivity index (χ2v) is 5.37. The van der Waals surface area contributed by atoms with Gasteiger partial charge in [0, 0.05) is 6.42 Å². The molecule has 1 aromatic carbocycles. The van der Waals surface area contributed by atoms with Crippen molar-refractivity contribution in [2.45, 2.75) is 6.42 Å². The average Bonchev–Trinajstić information content (AvgIpc) is 2.89. The van der Waals surface area contributed by atoms with Crippen LogP contribution < -0.4 is 0 Å². The van der Waals surface area contributed by atoms with E-state index in [4.69, 9.17) is 23.2 Å². The van der Waals surface area contributed by atoms with E-state index in [9.17, 15) is 0 Å². The zero-order valence-electron chi connectivity index (χ0n) is 8.71. The molecular formula is C12H8Cl2N2S. The van der Waals surface area contributed by atoms with Gasteiger partial charge < -0.3 is 4.98 Å². The molecule has 0 aliphatic heterocycles. The van der Waals surface area contributed by atoms with Crippen LogP contribution in [0.5, 0.6) is 0 Å². The van der Waals surface area contributed by atoms with E-state index >= 15 is 0 Å². The zero-order chi connectivity index (χ0) is 11.8. The van der Waals surface area contributed by atoms with Crippen molar-refractivity contribution in [2.24, 2.45) is 0 Å². The largest absolute Gasteiger partial charge is 0.342 e. The molecule has 0 unspecified atom stereocenters. The summed E-state index contributed by atoms with van der Waals surface area (Å²) in [6, 6.07) is 5.69. The first-order chi connectivity index (χ1) is 8.22. The molecule has 86 valence electrons. The van der Waals surface area contributed by atoms with Crippen LogP contribution in [-0.4, -0.2) is 9.97 Å². The van der Waals surface area contributed by atoms with Crippen LogP contribution in [0.4, 0.5) is 0 Å². The molecule has 2 nitrogen and oxygen atoms in total. The van der Waals surface area contributed by atoms with Gasteiger partial charge in [0.2, 0.25) is 0 Å². The van der Waals surface area contributed by atoms with Crippen LogP contribution >= 0.6 is 34.5 Å². The van der Waals surface area contributed by atoms with Gasteiger partial charge in [-0.3, -0.25) is 0 Å². The summed E-state index contributed by atoms with van der Waals surface area (Å²) in [5.41, 5.74) is 3.03. The molecule has 2 aromatic heterocycles. The average molecular weight is 283 g/mol. The fourth-order valence-corrected chi connectivity index (χ4v) is 2.72. The number of nitrogens with zero attached hydrogens (tertiary/aromatic N) is 1. The Morgan fingerprint density at radius 2 is 2.06 bits per heavy atom. The van der Waals surface area contributed by atoms with E-state index in [0.717, 1.165) is 23.3 Å². The van der Waals surface area contributed by atoms with E-state index in [0.29, 0.717) is 10.0 Å². The lowest BCUT2D eigenvalue weighted by Gasteiger charge is -1.93. The predicted octanol–water partition coefficient (Wildman–Crippen LogP) is 4.52. The highest BCUT2D eigenvalue weighted by atomic mass is 35.5. The van der Waals surface area contributed by atoms with Crippen LogP contribution in [-0.2, 0) is 6.42 Å². The van der Waals surface area contributed by atoms with Gasteiger partial charge in [-0.05, 0) is 34.5 Å². The second kappa shape index (κ2) is 4.33. The minimum absolute atomic E-state index is 0.535. The summed E-state index contributed by atoms with van der Waals surface area (Å²) < 4.78 is 0. The van der Waals surface area contributed by atoms with Crippen LogP contribution in [0.1, 0.15) is 11.4 Å². The number of nitrogens with one attached hydrogen (secondary N) is 1. The molecule has 3 aromatic rings. The molecule has 17 heavy (non-hydrogen) atoms. The van der Waals surface area contributed by atoms with Crippen LogP contribution in [0.15, 0.2) is 29.0 Å². The monoisotopic (exact) mass is 282 g/mol. The normalized spacial score (nSPS) is 11.2. The highest BCUT2D eigenvalue weighted by Gasteiger charge is 2.07. The van der Waals surface area contributed by atoms with Gasteiger partial charge in [0.1, 0.15) is 5.82 Å². The smallest absolute Gasteiger partial charge is 0.111 e. The Balaban J connectivity index is 2.02. The lowest BCUT2D eigenvalue weighted by atomic mass is 10.2. The van der Waals surface area contributed by atoms with Gasteiger partial charge in [-0.15, -0.1) is 0 Å². The maximum Gasteiger partial charge on any atom is 0.111 e. The Hall–Kier alpha value is -1.03. The Morgan fingerprint density at radius 1 is 1.24 bits per heavy atom. The van der Waals surface area contributed by atoms with Crippen molar-refractivity contribution in [3.63, 3.8) is 0 Å². The number of hydrogen-bond acceptors (Lipinski definition) is 2. The molecule has 5 heteroatoms. The molecule has 0 fully saturated rings. The Labute approximate surface area is 112 Å². The molecular weight excluding hydrogens is 275 g/mol. The van der Waals surface area contributed by atoms with Crippen molar-refractivity contribution in [1.82, 2.24) is 9.97 Å². The van der Waals surface area contributed by atoms with Crippen molar-refractivity contribution in [3.8, 4) is 0 Å². The molecule has 0 spiro atoms. The lowest BCUT2D eigenvalue weighted by molar-refractivity contribution is 1.04. The van der Waals surface area contributed by atoms with Crippen LogP contribution in [0, 0.1) is 0 Å². The molecule has 0 saturated heterocycles. The van der Waals surface area contributed by atoms with Crippen LogP contribution in [0.2, 0.25) is 10.0 Å². The fourth-order valence-electron chi connectivity index (χ4n) is 1.73. The first-order valence-electron chi connectivity index (χ1n) is 5.07. The molecule has 0 aliphatic rings. The van der Waals surface area contributed by atoms with E-state index in [1.807, 2.05) is 6.07 Å². The number of fused-ring (bicyclic) bond motifs is 1. The summed E-state index contributed by atoms with van der Waals surface area (Å²) in [6.45, 7) is 0. The molecule has 2 heterocycles. The van der Waals surface area contributed by atoms with E-state index in [2.05, 4.69) is 26.8 Å². The number of rotatable bonds is 2. The van der Waals surface area contributed by atoms with Crippen molar-refractivity contribution < 1.29 is 0 Å².